The summed E-state index contributed by atoms with van der Waals surface area (Å²) in [7, 11) is 0. The van der Waals surface area contributed by atoms with Gasteiger partial charge in [0.2, 0.25) is 5.91 Å². The van der Waals surface area contributed by atoms with E-state index in [4.69, 9.17) is 0 Å². The molecular weight excluding hydrogens is 294 g/mol. The zero-order valence-corrected chi connectivity index (χ0v) is 13.7. The first-order valence-corrected chi connectivity index (χ1v) is 8.22. The number of carbonyl (C=O) groups excluding carboxylic acids is 1. The van der Waals surface area contributed by atoms with Gasteiger partial charge in [-0.2, -0.15) is 0 Å². The minimum atomic E-state index is -0.419. The van der Waals surface area contributed by atoms with E-state index in [0.29, 0.717) is 18.3 Å². The fourth-order valence-corrected chi connectivity index (χ4v) is 3.16. The zero-order chi connectivity index (χ0) is 16.8. The van der Waals surface area contributed by atoms with Crippen molar-refractivity contribution in [3.63, 3.8) is 0 Å². The number of nitro benzene ring substituents is 1. The molecule has 0 bridgehead atoms. The molecule has 0 aromatic heterocycles. The molecule has 0 radical (unpaired) electrons. The Bertz CT molecular complexity index is 556. The lowest BCUT2D eigenvalue weighted by atomic mass is 9.84. The Kier molecular flexibility index (Phi) is 6.10. The highest BCUT2D eigenvalue weighted by Crippen LogP contribution is 2.25. The van der Waals surface area contributed by atoms with E-state index in [9.17, 15) is 14.9 Å². The molecule has 6 nitrogen and oxygen atoms in total. The molecule has 1 fully saturated rings. The number of piperidine rings is 1. The molecule has 2 atom stereocenters. The minimum Gasteiger partial charge on any atom is -0.350 e. The predicted octanol–water partition coefficient (Wildman–Crippen LogP) is 2.80. The molecule has 0 spiro atoms. The number of non-ortho nitro benzene ring substituents is 1. The number of rotatable bonds is 6. The van der Waals surface area contributed by atoms with Gasteiger partial charge in [-0.05, 0) is 50.3 Å². The molecule has 0 aliphatic carbocycles. The van der Waals surface area contributed by atoms with Gasteiger partial charge in [0.25, 0.3) is 5.69 Å². The van der Waals surface area contributed by atoms with Crippen molar-refractivity contribution in [3.05, 3.63) is 39.9 Å². The van der Waals surface area contributed by atoms with Crippen molar-refractivity contribution < 1.29 is 9.72 Å². The second-order valence-corrected chi connectivity index (χ2v) is 6.41. The van der Waals surface area contributed by atoms with Crippen molar-refractivity contribution in [1.82, 2.24) is 10.6 Å². The molecule has 6 heteroatoms. The van der Waals surface area contributed by atoms with Crippen molar-refractivity contribution in [2.75, 3.05) is 13.1 Å². The highest BCUT2D eigenvalue weighted by molar-refractivity contribution is 5.76. The summed E-state index contributed by atoms with van der Waals surface area (Å²) in [6, 6.07) is 6.18. The topological polar surface area (TPSA) is 84.3 Å². The second-order valence-electron chi connectivity index (χ2n) is 6.41. The summed E-state index contributed by atoms with van der Waals surface area (Å²) in [5.41, 5.74) is 0.800. The monoisotopic (exact) mass is 319 g/mol. The van der Waals surface area contributed by atoms with Crippen molar-refractivity contribution in [3.8, 4) is 0 Å². The maximum atomic E-state index is 12.2. The van der Waals surface area contributed by atoms with Crippen molar-refractivity contribution in [2.45, 2.75) is 39.2 Å². The molecule has 2 N–H and O–H groups in total. The van der Waals surface area contributed by atoms with Gasteiger partial charge in [-0.25, -0.2) is 0 Å². The molecule has 1 heterocycles. The van der Waals surface area contributed by atoms with Crippen LogP contribution in [-0.2, 0) is 4.79 Å². The molecule has 0 saturated carbocycles. The third-order valence-electron chi connectivity index (χ3n) is 4.65. The van der Waals surface area contributed by atoms with Crippen LogP contribution >= 0.6 is 0 Å². The van der Waals surface area contributed by atoms with Crippen LogP contribution in [0.3, 0.4) is 0 Å². The van der Waals surface area contributed by atoms with Gasteiger partial charge < -0.3 is 10.6 Å². The molecule has 2 rings (SSSR count). The minimum absolute atomic E-state index is 0.00930. The molecule has 1 amide bonds. The van der Waals surface area contributed by atoms with Gasteiger partial charge in [-0.15, -0.1) is 0 Å². The number of amides is 1. The number of nitrogens with one attached hydrogen (secondary N) is 2. The zero-order valence-electron chi connectivity index (χ0n) is 13.7. The van der Waals surface area contributed by atoms with Gasteiger partial charge in [0.15, 0.2) is 0 Å². The lowest BCUT2D eigenvalue weighted by Crippen LogP contribution is -2.34. The van der Waals surface area contributed by atoms with Crippen LogP contribution in [0, 0.1) is 22.0 Å². The molecule has 1 aliphatic heterocycles. The lowest BCUT2D eigenvalue weighted by molar-refractivity contribution is -0.384. The van der Waals surface area contributed by atoms with Crippen LogP contribution < -0.4 is 10.6 Å². The number of carbonyl (C=O) groups is 1. The fourth-order valence-electron chi connectivity index (χ4n) is 3.16. The number of benzene rings is 1. The fraction of sp³-hybridized carbons (Fsp3) is 0.588. The standard InChI is InChI=1S/C17H25N3O3/c1-12(14-6-8-18-9-7-14)10-17(21)19-13(2)15-4-3-5-16(11-15)20(22)23/h3-5,11-14,18H,6-10H2,1-2H3,(H,19,21). The third-order valence-corrected chi connectivity index (χ3v) is 4.65. The van der Waals surface area contributed by atoms with E-state index in [-0.39, 0.29) is 17.6 Å². The van der Waals surface area contributed by atoms with Crippen LogP contribution in [0.15, 0.2) is 24.3 Å². The first kappa shape index (κ1) is 17.4. The van der Waals surface area contributed by atoms with Crippen LogP contribution in [0.25, 0.3) is 0 Å². The van der Waals surface area contributed by atoms with Gasteiger partial charge in [0, 0.05) is 18.6 Å². The van der Waals surface area contributed by atoms with Crippen LogP contribution in [0.4, 0.5) is 5.69 Å². The highest BCUT2D eigenvalue weighted by Gasteiger charge is 2.22. The van der Waals surface area contributed by atoms with E-state index >= 15 is 0 Å². The summed E-state index contributed by atoms with van der Waals surface area (Å²) in [5, 5.41) is 17.1. The number of nitrogens with zero attached hydrogens (tertiary/aromatic N) is 1. The normalized spacial score (nSPS) is 18.2. The van der Waals surface area contributed by atoms with Gasteiger partial charge in [0.1, 0.15) is 0 Å². The number of nitro groups is 1. The Morgan fingerprint density at radius 3 is 2.74 bits per heavy atom. The summed E-state index contributed by atoms with van der Waals surface area (Å²) in [6.07, 6.45) is 2.74. The molecular formula is C17H25N3O3. The van der Waals surface area contributed by atoms with Crippen molar-refractivity contribution >= 4 is 11.6 Å². The van der Waals surface area contributed by atoms with E-state index in [0.717, 1.165) is 31.5 Å². The quantitative estimate of drug-likeness (QED) is 0.624. The average Bonchev–Trinajstić information content (AvgIpc) is 2.55. The molecule has 1 aliphatic rings. The number of hydrogen-bond donors (Lipinski definition) is 2. The SMILES string of the molecule is CC(NC(=O)CC(C)C1CCNCC1)c1cccc([N+](=O)[O-])c1. The van der Waals surface area contributed by atoms with E-state index in [2.05, 4.69) is 17.6 Å². The Morgan fingerprint density at radius 2 is 2.09 bits per heavy atom. The Balaban J connectivity index is 1.88. The molecule has 126 valence electrons. The van der Waals surface area contributed by atoms with Gasteiger partial charge in [0.05, 0.1) is 11.0 Å². The van der Waals surface area contributed by atoms with E-state index in [1.807, 2.05) is 6.92 Å². The smallest absolute Gasteiger partial charge is 0.269 e. The van der Waals surface area contributed by atoms with Crippen LogP contribution in [0.5, 0.6) is 0 Å². The molecule has 23 heavy (non-hydrogen) atoms. The first-order valence-electron chi connectivity index (χ1n) is 8.22. The van der Waals surface area contributed by atoms with Crippen LogP contribution in [0.1, 0.15) is 44.7 Å². The number of hydrogen-bond acceptors (Lipinski definition) is 4. The largest absolute Gasteiger partial charge is 0.350 e. The van der Waals surface area contributed by atoms with Gasteiger partial charge in [-0.3, -0.25) is 14.9 Å². The summed E-state index contributed by atoms with van der Waals surface area (Å²) in [4.78, 5) is 22.7. The Hall–Kier alpha value is -1.95. The van der Waals surface area contributed by atoms with E-state index in [1.165, 1.54) is 12.1 Å². The van der Waals surface area contributed by atoms with E-state index in [1.54, 1.807) is 12.1 Å². The summed E-state index contributed by atoms with van der Waals surface area (Å²) >= 11 is 0. The summed E-state index contributed by atoms with van der Waals surface area (Å²) < 4.78 is 0. The second kappa shape index (κ2) is 8.06. The summed E-state index contributed by atoms with van der Waals surface area (Å²) in [6.45, 7) is 6.04. The first-order chi connectivity index (χ1) is 11.0. The summed E-state index contributed by atoms with van der Waals surface area (Å²) in [5.74, 6) is 0.958. The highest BCUT2D eigenvalue weighted by atomic mass is 16.6. The predicted molar refractivity (Wildman–Crippen MR) is 89.0 cm³/mol. The third kappa shape index (κ3) is 5.03. The molecule has 1 saturated heterocycles. The van der Waals surface area contributed by atoms with Crippen molar-refractivity contribution in [2.24, 2.45) is 11.8 Å². The Morgan fingerprint density at radius 1 is 1.39 bits per heavy atom. The van der Waals surface area contributed by atoms with Crippen LogP contribution in [0.2, 0.25) is 0 Å². The van der Waals surface area contributed by atoms with E-state index < -0.39 is 4.92 Å². The average molecular weight is 319 g/mol. The van der Waals surface area contributed by atoms with Crippen LogP contribution in [-0.4, -0.2) is 23.9 Å². The molecule has 2 unspecified atom stereocenters. The van der Waals surface area contributed by atoms with Gasteiger partial charge in [-0.1, -0.05) is 19.1 Å². The Labute approximate surface area is 136 Å². The maximum Gasteiger partial charge on any atom is 0.269 e. The molecule has 1 aromatic carbocycles. The van der Waals surface area contributed by atoms with Gasteiger partial charge >= 0.3 is 0 Å². The van der Waals surface area contributed by atoms with Crippen molar-refractivity contribution in [1.29, 1.82) is 0 Å². The lowest BCUT2D eigenvalue weighted by Gasteiger charge is -2.28. The maximum absolute atomic E-state index is 12.2. The molecule has 1 aromatic rings.